The first-order valence-corrected chi connectivity index (χ1v) is 8.13. The van der Waals surface area contributed by atoms with E-state index < -0.39 is 0 Å². The van der Waals surface area contributed by atoms with Crippen LogP contribution in [-0.4, -0.2) is 16.6 Å². The van der Waals surface area contributed by atoms with Crippen LogP contribution in [0.1, 0.15) is 37.3 Å². The van der Waals surface area contributed by atoms with Gasteiger partial charge in [0.15, 0.2) is 0 Å². The van der Waals surface area contributed by atoms with Gasteiger partial charge in [0, 0.05) is 18.8 Å². The van der Waals surface area contributed by atoms with E-state index in [1.165, 1.54) is 23.4 Å². The van der Waals surface area contributed by atoms with E-state index in [0.717, 1.165) is 23.4 Å². The van der Waals surface area contributed by atoms with Gasteiger partial charge < -0.3 is 0 Å². The van der Waals surface area contributed by atoms with E-state index in [4.69, 9.17) is 0 Å². The minimum absolute atomic E-state index is 0.0326. The molecule has 1 aromatic heterocycles. The highest BCUT2D eigenvalue weighted by molar-refractivity contribution is 6.13. The van der Waals surface area contributed by atoms with Crippen LogP contribution in [0.4, 0.5) is 5.69 Å². The predicted molar refractivity (Wildman–Crippen MR) is 92.5 cm³/mol. The Balaban J connectivity index is 1.71. The summed E-state index contributed by atoms with van der Waals surface area (Å²) in [5, 5.41) is 6.02. The summed E-state index contributed by atoms with van der Waals surface area (Å²) in [5.41, 5.74) is 4.12. The van der Waals surface area contributed by atoms with E-state index in [0.29, 0.717) is 12.8 Å². The molecule has 1 aliphatic heterocycles. The summed E-state index contributed by atoms with van der Waals surface area (Å²) in [7, 11) is 0. The lowest BCUT2D eigenvalue weighted by Gasteiger charge is -2.12. The van der Waals surface area contributed by atoms with Crippen molar-refractivity contribution in [1.82, 2.24) is 4.98 Å². The van der Waals surface area contributed by atoms with Gasteiger partial charge in [-0.2, -0.15) is 5.10 Å². The van der Waals surface area contributed by atoms with Gasteiger partial charge in [0.2, 0.25) is 0 Å². The van der Waals surface area contributed by atoms with Crippen molar-refractivity contribution in [2.24, 2.45) is 5.10 Å². The molecule has 0 N–H and O–H groups in total. The van der Waals surface area contributed by atoms with Gasteiger partial charge in [-0.05, 0) is 42.2 Å². The second-order valence-electron chi connectivity index (χ2n) is 5.86. The molecule has 0 fully saturated rings. The lowest BCUT2D eigenvalue weighted by atomic mass is 10.1. The minimum atomic E-state index is 0.0326. The average Bonchev–Trinajstić information content (AvgIpc) is 2.94. The molecule has 4 heteroatoms. The van der Waals surface area contributed by atoms with Crippen molar-refractivity contribution in [3.8, 4) is 0 Å². The summed E-state index contributed by atoms with van der Waals surface area (Å²) in [4.78, 5) is 16.3. The molecule has 0 aliphatic carbocycles. The van der Waals surface area contributed by atoms with Gasteiger partial charge in [-0.25, -0.2) is 5.01 Å². The van der Waals surface area contributed by atoms with Crippen LogP contribution in [0, 0.1) is 0 Å². The molecule has 1 amide bonds. The molecule has 0 saturated heterocycles. The SMILES string of the molecule is CCCCc1ccc(N2N=C(Cc3cccnc3)CC2=O)cc1. The number of carbonyl (C=O) groups is 1. The summed E-state index contributed by atoms with van der Waals surface area (Å²) >= 11 is 0. The molecule has 23 heavy (non-hydrogen) atoms. The zero-order valence-electron chi connectivity index (χ0n) is 13.4. The third-order valence-corrected chi connectivity index (χ3v) is 3.96. The number of hydrogen-bond acceptors (Lipinski definition) is 3. The molecule has 1 aromatic carbocycles. The van der Waals surface area contributed by atoms with Crippen molar-refractivity contribution in [1.29, 1.82) is 0 Å². The summed E-state index contributed by atoms with van der Waals surface area (Å²) in [6, 6.07) is 12.1. The molecule has 0 bridgehead atoms. The van der Waals surface area contributed by atoms with Crippen molar-refractivity contribution < 1.29 is 4.79 Å². The van der Waals surface area contributed by atoms with Crippen LogP contribution in [0.25, 0.3) is 0 Å². The second-order valence-corrected chi connectivity index (χ2v) is 5.86. The zero-order chi connectivity index (χ0) is 16.1. The molecule has 118 valence electrons. The predicted octanol–water partition coefficient (Wildman–Crippen LogP) is 3.76. The summed E-state index contributed by atoms with van der Waals surface area (Å²) in [5.74, 6) is 0.0326. The Hall–Kier alpha value is -2.49. The maximum atomic E-state index is 12.2. The maximum Gasteiger partial charge on any atom is 0.253 e. The maximum absolute atomic E-state index is 12.2. The largest absolute Gasteiger partial charge is 0.272 e. The lowest BCUT2D eigenvalue weighted by molar-refractivity contribution is -0.116. The Kier molecular flexibility index (Phi) is 4.81. The number of carbonyl (C=O) groups excluding carboxylic acids is 1. The van der Waals surface area contributed by atoms with Gasteiger partial charge in [0.25, 0.3) is 5.91 Å². The Labute approximate surface area is 136 Å². The highest BCUT2D eigenvalue weighted by Crippen LogP contribution is 2.22. The van der Waals surface area contributed by atoms with Gasteiger partial charge in [0.05, 0.1) is 17.8 Å². The van der Waals surface area contributed by atoms with Crippen molar-refractivity contribution in [2.45, 2.75) is 39.0 Å². The third-order valence-electron chi connectivity index (χ3n) is 3.96. The number of unbranched alkanes of at least 4 members (excludes halogenated alkanes) is 1. The van der Waals surface area contributed by atoms with E-state index in [1.54, 1.807) is 6.20 Å². The molecule has 0 radical (unpaired) electrons. The third kappa shape index (κ3) is 3.83. The fourth-order valence-electron chi connectivity index (χ4n) is 2.70. The highest BCUT2D eigenvalue weighted by Gasteiger charge is 2.25. The summed E-state index contributed by atoms with van der Waals surface area (Å²) in [6.45, 7) is 2.19. The van der Waals surface area contributed by atoms with Crippen LogP contribution >= 0.6 is 0 Å². The van der Waals surface area contributed by atoms with Crippen molar-refractivity contribution in [3.05, 3.63) is 59.9 Å². The van der Waals surface area contributed by atoms with Gasteiger partial charge in [-0.15, -0.1) is 0 Å². The normalized spacial score (nSPS) is 14.2. The van der Waals surface area contributed by atoms with Crippen molar-refractivity contribution in [2.75, 3.05) is 5.01 Å². The molecular formula is C19H21N3O. The number of rotatable bonds is 6. The van der Waals surface area contributed by atoms with Gasteiger partial charge in [-0.1, -0.05) is 31.5 Å². The van der Waals surface area contributed by atoms with Crippen LogP contribution in [0.3, 0.4) is 0 Å². The Morgan fingerprint density at radius 2 is 1.96 bits per heavy atom. The van der Waals surface area contributed by atoms with E-state index in [1.807, 2.05) is 30.5 Å². The number of hydrogen-bond donors (Lipinski definition) is 0. The Bertz CT molecular complexity index is 692. The lowest BCUT2D eigenvalue weighted by Crippen LogP contribution is -2.19. The first kappa shape index (κ1) is 15.4. The molecule has 0 unspecified atom stereocenters. The topological polar surface area (TPSA) is 45.6 Å². The van der Waals surface area contributed by atoms with Crippen LogP contribution in [0.2, 0.25) is 0 Å². The highest BCUT2D eigenvalue weighted by atomic mass is 16.2. The van der Waals surface area contributed by atoms with Crippen LogP contribution in [0.5, 0.6) is 0 Å². The average molecular weight is 307 g/mol. The summed E-state index contributed by atoms with van der Waals surface area (Å²) < 4.78 is 0. The van der Waals surface area contributed by atoms with Gasteiger partial charge >= 0.3 is 0 Å². The number of pyridine rings is 1. The van der Waals surface area contributed by atoms with Crippen molar-refractivity contribution in [3.63, 3.8) is 0 Å². The van der Waals surface area contributed by atoms with E-state index >= 15 is 0 Å². The molecule has 3 rings (SSSR count). The Morgan fingerprint density at radius 1 is 1.13 bits per heavy atom. The fourth-order valence-corrected chi connectivity index (χ4v) is 2.70. The van der Waals surface area contributed by atoms with E-state index in [-0.39, 0.29) is 5.91 Å². The van der Waals surface area contributed by atoms with Gasteiger partial charge in [0.1, 0.15) is 0 Å². The van der Waals surface area contributed by atoms with Crippen LogP contribution in [-0.2, 0) is 17.6 Å². The standard InChI is InChI=1S/C19H21N3O/c1-2-3-5-15-7-9-18(10-8-15)22-19(23)13-17(21-22)12-16-6-4-11-20-14-16/h4,6-11,14H,2-3,5,12-13H2,1H3. The fraction of sp³-hybridized carbons (Fsp3) is 0.316. The molecule has 4 nitrogen and oxygen atoms in total. The first-order valence-electron chi connectivity index (χ1n) is 8.13. The molecule has 0 saturated carbocycles. The molecule has 0 atom stereocenters. The molecular weight excluding hydrogens is 286 g/mol. The van der Waals surface area contributed by atoms with Gasteiger partial charge in [-0.3, -0.25) is 9.78 Å². The molecule has 2 aromatic rings. The monoisotopic (exact) mass is 307 g/mol. The van der Waals surface area contributed by atoms with E-state index in [2.05, 4.69) is 29.1 Å². The minimum Gasteiger partial charge on any atom is -0.272 e. The smallest absolute Gasteiger partial charge is 0.253 e. The van der Waals surface area contributed by atoms with E-state index in [9.17, 15) is 4.79 Å². The van der Waals surface area contributed by atoms with Crippen molar-refractivity contribution >= 4 is 17.3 Å². The van der Waals surface area contributed by atoms with Crippen LogP contribution < -0.4 is 5.01 Å². The Morgan fingerprint density at radius 3 is 2.65 bits per heavy atom. The second kappa shape index (κ2) is 7.18. The van der Waals surface area contributed by atoms with Crippen LogP contribution in [0.15, 0.2) is 53.9 Å². The number of aryl methyl sites for hydroxylation is 1. The molecule has 1 aliphatic rings. The first-order chi connectivity index (χ1) is 11.3. The number of anilines is 1. The quantitative estimate of drug-likeness (QED) is 0.815. The number of amides is 1. The molecule has 2 heterocycles. The zero-order valence-corrected chi connectivity index (χ0v) is 13.4. The number of hydrazone groups is 1. The molecule has 0 spiro atoms. The number of aromatic nitrogens is 1. The number of nitrogens with zero attached hydrogens (tertiary/aromatic N) is 3. The number of benzene rings is 1. The summed E-state index contributed by atoms with van der Waals surface area (Å²) in [6.07, 6.45) is 8.08.